The molecule has 0 fully saturated rings. The van der Waals surface area contributed by atoms with Gasteiger partial charge in [-0.3, -0.25) is 0 Å². The van der Waals surface area contributed by atoms with E-state index in [0.717, 1.165) is 17.9 Å². The zero-order valence-corrected chi connectivity index (χ0v) is 13.8. The number of alkyl halides is 1. The predicted octanol–water partition coefficient (Wildman–Crippen LogP) is 5.30. The van der Waals surface area contributed by atoms with Crippen LogP contribution in [0.2, 0.25) is 0 Å². The van der Waals surface area contributed by atoms with Gasteiger partial charge in [-0.15, -0.1) is 11.6 Å². The molecule has 0 spiro atoms. The lowest BCUT2D eigenvalue weighted by atomic mass is 9.85. The molecule has 0 saturated carbocycles. The summed E-state index contributed by atoms with van der Waals surface area (Å²) < 4.78 is 5.76. The van der Waals surface area contributed by atoms with Gasteiger partial charge in [-0.1, -0.05) is 38.1 Å². The van der Waals surface area contributed by atoms with E-state index in [1.54, 1.807) is 0 Å². The van der Waals surface area contributed by atoms with E-state index in [4.69, 9.17) is 16.3 Å². The quantitative estimate of drug-likeness (QED) is 0.684. The molecule has 0 aliphatic carbocycles. The monoisotopic (exact) mass is 300 g/mol. The topological polar surface area (TPSA) is 9.23 Å². The zero-order chi connectivity index (χ0) is 15.2. The van der Waals surface area contributed by atoms with E-state index < -0.39 is 0 Å². The van der Waals surface area contributed by atoms with Crippen LogP contribution in [0.5, 0.6) is 5.75 Å². The Morgan fingerprint density at radius 2 is 1.76 bits per heavy atom. The first kappa shape index (κ1) is 14.5. The van der Waals surface area contributed by atoms with Crippen molar-refractivity contribution in [2.75, 3.05) is 6.61 Å². The minimum absolute atomic E-state index is 0.0583. The highest BCUT2D eigenvalue weighted by Crippen LogP contribution is 2.42. The second-order valence-electron chi connectivity index (χ2n) is 6.60. The van der Waals surface area contributed by atoms with E-state index in [2.05, 4.69) is 64.1 Å². The molecule has 1 unspecified atom stereocenters. The van der Waals surface area contributed by atoms with Crippen molar-refractivity contribution in [2.45, 2.75) is 38.5 Å². The third kappa shape index (κ3) is 2.44. The van der Waals surface area contributed by atoms with Crippen LogP contribution in [-0.2, 0) is 5.41 Å². The van der Waals surface area contributed by atoms with Crippen LogP contribution >= 0.6 is 11.6 Å². The molecule has 1 aliphatic heterocycles. The predicted molar refractivity (Wildman–Crippen MR) is 88.6 cm³/mol. The van der Waals surface area contributed by atoms with Crippen molar-refractivity contribution in [2.24, 2.45) is 0 Å². The fourth-order valence-electron chi connectivity index (χ4n) is 3.09. The lowest BCUT2D eigenvalue weighted by Gasteiger charge is -2.19. The van der Waals surface area contributed by atoms with E-state index >= 15 is 0 Å². The van der Waals surface area contributed by atoms with E-state index in [1.807, 2.05) is 0 Å². The third-order valence-electron chi connectivity index (χ3n) is 4.41. The molecule has 0 N–H and O–H groups in total. The smallest absolute Gasteiger partial charge is 0.123 e. The minimum atomic E-state index is -0.118. The van der Waals surface area contributed by atoms with Crippen LogP contribution in [-0.4, -0.2) is 6.61 Å². The average molecular weight is 301 g/mol. The summed E-state index contributed by atoms with van der Waals surface area (Å²) >= 11 is 6.80. The molecule has 3 rings (SSSR count). The molecule has 2 aromatic rings. The highest BCUT2D eigenvalue weighted by atomic mass is 35.5. The van der Waals surface area contributed by atoms with Gasteiger partial charge >= 0.3 is 0 Å². The summed E-state index contributed by atoms with van der Waals surface area (Å²) in [6.07, 6.45) is 0. The van der Waals surface area contributed by atoms with Crippen LogP contribution in [0.4, 0.5) is 0 Å². The van der Waals surface area contributed by atoms with Crippen LogP contribution in [0, 0.1) is 13.8 Å². The van der Waals surface area contributed by atoms with Crippen LogP contribution in [0.3, 0.4) is 0 Å². The Labute approximate surface area is 131 Å². The number of halogens is 1. The molecule has 110 valence electrons. The molecule has 0 amide bonds. The van der Waals surface area contributed by atoms with Crippen molar-refractivity contribution in [3.8, 4) is 5.75 Å². The highest BCUT2D eigenvalue weighted by Gasteiger charge is 2.32. The van der Waals surface area contributed by atoms with Gasteiger partial charge in [0.1, 0.15) is 5.75 Å². The molecule has 2 aromatic carbocycles. The standard InChI is InChI=1S/C19H21ClO/c1-12-6-5-7-13(2)17(12)18(20)14-8-9-16-15(10-14)19(3,4)11-21-16/h5-10,18H,11H2,1-4H3. The second kappa shape index (κ2) is 5.06. The van der Waals surface area contributed by atoms with Crippen molar-refractivity contribution >= 4 is 11.6 Å². The van der Waals surface area contributed by atoms with Gasteiger partial charge < -0.3 is 4.74 Å². The van der Waals surface area contributed by atoms with Crippen molar-refractivity contribution < 1.29 is 4.74 Å². The van der Waals surface area contributed by atoms with Gasteiger partial charge in [0.25, 0.3) is 0 Å². The van der Waals surface area contributed by atoms with Crippen molar-refractivity contribution in [3.63, 3.8) is 0 Å². The zero-order valence-electron chi connectivity index (χ0n) is 13.0. The van der Waals surface area contributed by atoms with Crippen molar-refractivity contribution in [1.82, 2.24) is 0 Å². The van der Waals surface area contributed by atoms with E-state index in [-0.39, 0.29) is 10.8 Å². The largest absolute Gasteiger partial charge is 0.492 e. The summed E-state index contributed by atoms with van der Waals surface area (Å²) in [5, 5.41) is -0.118. The van der Waals surface area contributed by atoms with Crippen molar-refractivity contribution in [1.29, 1.82) is 0 Å². The maximum atomic E-state index is 6.80. The van der Waals surface area contributed by atoms with E-state index in [9.17, 15) is 0 Å². The Hall–Kier alpha value is -1.47. The molecule has 0 saturated heterocycles. The summed E-state index contributed by atoms with van der Waals surface area (Å²) in [5.41, 5.74) is 6.17. The molecule has 1 nitrogen and oxygen atoms in total. The van der Waals surface area contributed by atoms with Gasteiger partial charge in [-0.2, -0.15) is 0 Å². The molecule has 21 heavy (non-hydrogen) atoms. The summed E-state index contributed by atoms with van der Waals surface area (Å²) in [6, 6.07) is 12.7. The SMILES string of the molecule is Cc1cccc(C)c1C(Cl)c1ccc2c(c1)C(C)(C)CO2. The van der Waals surface area contributed by atoms with Gasteiger partial charge in [0, 0.05) is 11.0 Å². The average Bonchev–Trinajstić information content (AvgIpc) is 2.74. The number of fused-ring (bicyclic) bond motifs is 1. The molecular weight excluding hydrogens is 280 g/mol. The fraction of sp³-hybridized carbons (Fsp3) is 0.368. The van der Waals surface area contributed by atoms with Gasteiger partial charge in [0.15, 0.2) is 0 Å². The molecule has 0 bridgehead atoms. The molecule has 2 heteroatoms. The minimum Gasteiger partial charge on any atom is -0.492 e. The first-order valence-electron chi connectivity index (χ1n) is 7.37. The number of rotatable bonds is 2. The van der Waals surface area contributed by atoms with Crippen LogP contribution in [0.25, 0.3) is 0 Å². The Kier molecular flexibility index (Phi) is 3.49. The number of benzene rings is 2. The Bertz CT molecular complexity index is 668. The Balaban J connectivity index is 2.06. The number of hydrogen-bond acceptors (Lipinski definition) is 1. The second-order valence-corrected chi connectivity index (χ2v) is 7.03. The summed E-state index contributed by atoms with van der Waals surface area (Å²) in [6.45, 7) is 9.41. The normalized spacial score (nSPS) is 17.2. The maximum Gasteiger partial charge on any atom is 0.123 e. The van der Waals surface area contributed by atoms with Gasteiger partial charge in [-0.25, -0.2) is 0 Å². The lowest BCUT2D eigenvalue weighted by molar-refractivity contribution is 0.291. The van der Waals surface area contributed by atoms with E-state index in [0.29, 0.717) is 0 Å². The maximum absolute atomic E-state index is 6.80. The molecule has 1 heterocycles. The van der Waals surface area contributed by atoms with Gasteiger partial charge in [-0.05, 0) is 48.2 Å². The number of hydrogen-bond donors (Lipinski definition) is 0. The number of ether oxygens (including phenoxy) is 1. The van der Waals surface area contributed by atoms with Crippen LogP contribution < -0.4 is 4.74 Å². The fourth-order valence-corrected chi connectivity index (χ4v) is 3.57. The van der Waals surface area contributed by atoms with E-state index in [1.165, 1.54) is 22.3 Å². The molecule has 1 aliphatic rings. The summed E-state index contributed by atoms with van der Waals surface area (Å²) in [7, 11) is 0. The van der Waals surface area contributed by atoms with Gasteiger partial charge in [0.05, 0.1) is 12.0 Å². The summed E-state index contributed by atoms with van der Waals surface area (Å²) in [4.78, 5) is 0. The van der Waals surface area contributed by atoms with Gasteiger partial charge in [0.2, 0.25) is 0 Å². The Morgan fingerprint density at radius 3 is 2.43 bits per heavy atom. The molecular formula is C19H21ClO. The van der Waals surface area contributed by atoms with Crippen LogP contribution in [0.15, 0.2) is 36.4 Å². The summed E-state index contributed by atoms with van der Waals surface area (Å²) in [5.74, 6) is 0.995. The Morgan fingerprint density at radius 1 is 1.10 bits per heavy atom. The third-order valence-corrected chi connectivity index (χ3v) is 4.88. The number of aryl methyl sites for hydroxylation is 2. The van der Waals surface area contributed by atoms with Crippen LogP contribution in [0.1, 0.15) is 47.0 Å². The molecule has 1 atom stereocenters. The lowest BCUT2D eigenvalue weighted by Crippen LogP contribution is -2.18. The first-order chi connectivity index (χ1) is 9.90. The van der Waals surface area contributed by atoms with Crippen molar-refractivity contribution in [3.05, 3.63) is 64.2 Å². The highest BCUT2D eigenvalue weighted by molar-refractivity contribution is 6.22. The molecule has 0 aromatic heterocycles. The molecule has 0 radical (unpaired) electrons. The first-order valence-corrected chi connectivity index (χ1v) is 7.81.